The van der Waals surface area contributed by atoms with Gasteiger partial charge in [0, 0.05) is 12.0 Å². The number of aliphatic hydroxyl groups is 4. The van der Waals surface area contributed by atoms with Crippen LogP contribution in [0.15, 0.2) is 24.3 Å². The second kappa shape index (κ2) is 10.9. The molecule has 172 valence electrons. The third-order valence-corrected chi connectivity index (χ3v) is 4.91. The van der Waals surface area contributed by atoms with E-state index in [1.807, 2.05) is 32.9 Å². The van der Waals surface area contributed by atoms with Crippen LogP contribution in [0.4, 0.5) is 0 Å². The number of aliphatic hydroxyl groups excluding tert-OH is 4. The van der Waals surface area contributed by atoms with E-state index in [9.17, 15) is 9.90 Å². The van der Waals surface area contributed by atoms with Gasteiger partial charge in [-0.1, -0.05) is 60.3 Å². The zero-order valence-corrected chi connectivity index (χ0v) is 19.0. The van der Waals surface area contributed by atoms with Crippen LogP contribution in [0.25, 0.3) is 0 Å². The summed E-state index contributed by atoms with van der Waals surface area (Å²) in [4.78, 5) is 11.0. The van der Waals surface area contributed by atoms with Gasteiger partial charge in [-0.05, 0) is 27.5 Å². The number of benzene rings is 1. The first-order chi connectivity index (χ1) is 13.6. The number of carboxylic acids is 1. The standard InChI is InChI=1S/C18H26O3.C5H12O4/c1-11(16(20)21)8-12-9-13(17(2,3)4)10-14(15(12)19)18(5,6)7;6-1-5(2-7,3-8)4-9/h9-10,19H,1,8H2,2-7H3,(H,20,21);6-9H,1-4H2. The lowest BCUT2D eigenvalue weighted by atomic mass is 9.78. The lowest BCUT2D eigenvalue weighted by Gasteiger charge is -2.27. The maximum atomic E-state index is 11.0. The Morgan fingerprint density at radius 2 is 1.30 bits per heavy atom. The van der Waals surface area contributed by atoms with Crippen molar-refractivity contribution in [1.82, 2.24) is 0 Å². The molecule has 1 rings (SSSR count). The van der Waals surface area contributed by atoms with Crippen molar-refractivity contribution in [1.29, 1.82) is 0 Å². The highest BCUT2D eigenvalue weighted by Gasteiger charge is 2.27. The molecule has 6 N–H and O–H groups in total. The van der Waals surface area contributed by atoms with Crippen molar-refractivity contribution in [2.24, 2.45) is 5.41 Å². The summed E-state index contributed by atoms with van der Waals surface area (Å²) in [6.07, 6.45) is 0.147. The monoisotopic (exact) mass is 426 g/mol. The third kappa shape index (κ3) is 7.72. The fourth-order valence-corrected chi connectivity index (χ4v) is 2.44. The molecular formula is C23H38O7. The topological polar surface area (TPSA) is 138 Å². The first kappa shape index (κ1) is 28.1. The quantitative estimate of drug-likeness (QED) is 0.367. The highest BCUT2D eigenvalue weighted by Crippen LogP contribution is 2.38. The third-order valence-electron chi connectivity index (χ3n) is 4.91. The Labute approximate surface area is 179 Å². The van der Waals surface area contributed by atoms with E-state index in [1.54, 1.807) is 0 Å². The molecule has 0 heterocycles. The Kier molecular flexibility index (Phi) is 10.2. The van der Waals surface area contributed by atoms with Gasteiger partial charge >= 0.3 is 5.97 Å². The van der Waals surface area contributed by atoms with Crippen LogP contribution in [0.3, 0.4) is 0 Å². The van der Waals surface area contributed by atoms with Crippen molar-refractivity contribution in [3.63, 3.8) is 0 Å². The summed E-state index contributed by atoms with van der Waals surface area (Å²) in [5, 5.41) is 53.5. The molecule has 7 heteroatoms. The molecule has 0 saturated carbocycles. The number of hydrogen-bond acceptors (Lipinski definition) is 6. The fraction of sp³-hybridized carbons (Fsp3) is 0.609. The molecule has 0 atom stereocenters. The molecule has 0 aliphatic carbocycles. The van der Waals surface area contributed by atoms with Gasteiger partial charge in [0.05, 0.1) is 31.8 Å². The summed E-state index contributed by atoms with van der Waals surface area (Å²) in [6, 6.07) is 3.90. The van der Waals surface area contributed by atoms with E-state index in [2.05, 4.69) is 27.4 Å². The lowest BCUT2D eigenvalue weighted by molar-refractivity contribution is -0.132. The average molecular weight is 427 g/mol. The second-order valence-corrected chi connectivity index (χ2v) is 9.75. The minimum atomic E-state index is -1.11. The molecule has 1 aromatic carbocycles. The van der Waals surface area contributed by atoms with E-state index in [0.717, 1.165) is 11.1 Å². The molecule has 0 saturated heterocycles. The maximum Gasteiger partial charge on any atom is 0.331 e. The van der Waals surface area contributed by atoms with Crippen LogP contribution in [0.1, 0.15) is 58.2 Å². The molecule has 0 aliphatic rings. The molecule has 1 aromatic rings. The molecule has 0 aliphatic heterocycles. The van der Waals surface area contributed by atoms with Crippen molar-refractivity contribution in [2.45, 2.75) is 58.8 Å². The Morgan fingerprint density at radius 3 is 1.57 bits per heavy atom. The van der Waals surface area contributed by atoms with Gasteiger partial charge in [-0.15, -0.1) is 0 Å². The zero-order chi connectivity index (χ0) is 23.9. The van der Waals surface area contributed by atoms with Crippen LogP contribution < -0.4 is 0 Å². The predicted octanol–water partition coefficient (Wildman–Crippen LogP) is 2.11. The highest BCUT2D eigenvalue weighted by molar-refractivity contribution is 5.86. The highest BCUT2D eigenvalue weighted by atomic mass is 16.4. The summed E-state index contributed by atoms with van der Waals surface area (Å²) in [5.41, 5.74) is 1.22. The smallest absolute Gasteiger partial charge is 0.331 e. The van der Waals surface area contributed by atoms with E-state index in [1.165, 1.54) is 0 Å². The van der Waals surface area contributed by atoms with Gasteiger partial charge < -0.3 is 30.6 Å². The molecule has 0 spiro atoms. The Morgan fingerprint density at radius 1 is 0.867 bits per heavy atom. The largest absolute Gasteiger partial charge is 0.507 e. The first-order valence-corrected chi connectivity index (χ1v) is 9.80. The molecule has 0 fully saturated rings. The number of phenolic OH excluding ortho intramolecular Hbond substituents is 1. The normalized spacial score (nSPS) is 12.2. The van der Waals surface area contributed by atoms with E-state index >= 15 is 0 Å². The van der Waals surface area contributed by atoms with Crippen LogP contribution in [0.2, 0.25) is 0 Å². The number of hydrogen-bond donors (Lipinski definition) is 6. The molecule has 7 nitrogen and oxygen atoms in total. The van der Waals surface area contributed by atoms with Crippen LogP contribution >= 0.6 is 0 Å². The molecule has 0 unspecified atom stereocenters. The van der Waals surface area contributed by atoms with E-state index in [-0.39, 0.29) is 28.6 Å². The predicted molar refractivity (Wildman–Crippen MR) is 117 cm³/mol. The average Bonchev–Trinajstić information content (AvgIpc) is 2.64. The number of carboxylic acid groups (broad SMARTS) is 1. The first-order valence-electron chi connectivity index (χ1n) is 9.80. The van der Waals surface area contributed by atoms with Crippen LogP contribution in [-0.4, -0.2) is 63.0 Å². The molecule has 0 radical (unpaired) electrons. The number of phenols is 1. The van der Waals surface area contributed by atoms with Crippen molar-refractivity contribution < 1.29 is 35.4 Å². The van der Waals surface area contributed by atoms with Crippen molar-refractivity contribution in [3.05, 3.63) is 41.0 Å². The zero-order valence-electron chi connectivity index (χ0n) is 19.0. The number of aromatic hydroxyl groups is 1. The SMILES string of the molecule is C=C(Cc1cc(C(C)(C)C)cc(C(C)(C)C)c1O)C(=O)O.OCC(CO)(CO)CO. The van der Waals surface area contributed by atoms with E-state index < -0.39 is 37.8 Å². The molecule has 0 aromatic heterocycles. The molecular weight excluding hydrogens is 388 g/mol. The van der Waals surface area contributed by atoms with Gasteiger partial charge in [0.15, 0.2) is 0 Å². The molecule has 30 heavy (non-hydrogen) atoms. The summed E-state index contributed by atoms with van der Waals surface area (Å²) in [7, 11) is 0. The van der Waals surface area contributed by atoms with Crippen molar-refractivity contribution >= 4 is 5.97 Å². The number of aliphatic carboxylic acids is 1. The minimum absolute atomic E-state index is 0.0764. The minimum Gasteiger partial charge on any atom is -0.507 e. The van der Waals surface area contributed by atoms with Crippen LogP contribution in [0.5, 0.6) is 5.75 Å². The van der Waals surface area contributed by atoms with Gasteiger partial charge in [0.25, 0.3) is 0 Å². The van der Waals surface area contributed by atoms with Gasteiger partial charge in [-0.3, -0.25) is 0 Å². The number of carbonyl (C=O) groups is 1. The van der Waals surface area contributed by atoms with Crippen LogP contribution in [0, 0.1) is 5.41 Å². The van der Waals surface area contributed by atoms with Crippen molar-refractivity contribution in [2.75, 3.05) is 26.4 Å². The summed E-state index contributed by atoms with van der Waals surface area (Å²) in [6.45, 7) is 14.3. The van der Waals surface area contributed by atoms with E-state index in [0.29, 0.717) is 5.56 Å². The Hall–Kier alpha value is -1.93. The second-order valence-electron chi connectivity index (χ2n) is 9.75. The molecule has 0 bridgehead atoms. The van der Waals surface area contributed by atoms with E-state index in [4.69, 9.17) is 25.5 Å². The van der Waals surface area contributed by atoms with Gasteiger partial charge in [-0.25, -0.2) is 4.79 Å². The van der Waals surface area contributed by atoms with Crippen molar-refractivity contribution in [3.8, 4) is 5.75 Å². The van der Waals surface area contributed by atoms with Crippen LogP contribution in [-0.2, 0) is 22.0 Å². The maximum absolute atomic E-state index is 11.0. The summed E-state index contributed by atoms with van der Waals surface area (Å²) < 4.78 is 0. The van der Waals surface area contributed by atoms with Gasteiger partial charge in [-0.2, -0.15) is 0 Å². The Bertz CT molecular complexity index is 703. The summed E-state index contributed by atoms with van der Waals surface area (Å²) >= 11 is 0. The fourth-order valence-electron chi connectivity index (χ4n) is 2.44. The molecule has 0 amide bonds. The summed E-state index contributed by atoms with van der Waals surface area (Å²) in [5.74, 6) is -0.856. The number of rotatable bonds is 7. The lowest BCUT2D eigenvalue weighted by Crippen LogP contribution is -2.37. The Balaban J connectivity index is 0.000000787. The van der Waals surface area contributed by atoms with Gasteiger partial charge in [0.2, 0.25) is 0 Å². The van der Waals surface area contributed by atoms with Gasteiger partial charge in [0.1, 0.15) is 5.75 Å².